The number of methoxy groups -OCH3 is 1. The fourth-order valence-electron chi connectivity index (χ4n) is 3.18. The highest BCUT2D eigenvalue weighted by molar-refractivity contribution is 5.76. The Morgan fingerprint density at radius 1 is 1.00 bits per heavy atom. The van der Waals surface area contributed by atoms with Crippen molar-refractivity contribution in [2.75, 3.05) is 24.3 Å². The van der Waals surface area contributed by atoms with Crippen LogP contribution in [-0.2, 0) is 6.42 Å². The Bertz CT molecular complexity index is 912. The minimum Gasteiger partial charge on any atom is -0.497 e. The van der Waals surface area contributed by atoms with Gasteiger partial charge in [0.1, 0.15) is 23.5 Å². The maximum absolute atomic E-state index is 6.36. The van der Waals surface area contributed by atoms with Gasteiger partial charge in [-0.3, -0.25) is 0 Å². The van der Waals surface area contributed by atoms with Crippen molar-refractivity contribution in [2.24, 2.45) is 0 Å². The van der Waals surface area contributed by atoms with E-state index >= 15 is 0 Å². The largest absolute Gasteiger partial charge is 0.497 e. The molecule has 0 bridgehead atoms. The van der Waals surface area contributed by atoms with E-state index in [0.29, 0.717) is 23.1 Å². The normalized spacial score (nSPS) is 13.2. The van der Waals surface area contributed by atoms with E-state index in [1.54, 1.807) is 7.11 Å². The Labute approximate surface area is 152 Å². The average molecular weight is 348 g/mol. The van der Waals surface area contributed by atoms with Crippen molar-refractivity contribution in [3.8, 4) is 17.4 Å². The summed E-state index contributed by atoms with van der Waals surface area (Å²) >= 11 is 0. The van der Waals surface area contributed by atoms with Gasteiger partial charge in [-0.05, 0) is 48.7 Å². The summed E-state index contributed by atoms with van der Waals surface area (Å²) in [5, 5.41) is 0. The van der Waals surface area contributed by atoms with E-state index in [1.165, 1.54) is 11.9 Å². The van der Waals surface area contributed by atoms with E-state index in [0.717, 1.165) is 30.8 Å². The Balaban J connectivity index is 1.66. The summed E-state index contributed by atoms with van der Waals surface area (Å²) in [5.41, 5.74) is 9.23. The third kappa shape index (κ3) is 3.01. The number of hydrogen-bond donors (Lipinski definition) is 1. The van der Waals surface area contributed by atoms with Crippen LogP contribution in [0.1, 0.15) is 12.0 Å². The Morgan fingerprint density at radius 2 is 1.77 bits per heavy atom. The van der Waals surface area contributed by atoms with Crippen LogP contribution in [-0.4, -0.2) is 23.6 Å². The first-order valence-electron chi connectivity index (χ1n) is 8.54. The molecule has 6 heteroatoms. The Morgan fingerprint density at radius 3 is 2.58 bits per heavy atom. The number of anilines is 3. The molecule has 0 spiro atoms. The van der Waals surface area contributed by atoms with Crippen molar-refractivity contribution >= 4 is 17.2 Å². The molecule has 2 N–H and O–H groups in total. The average Bonchev–Trinajstić information content (AvgIpc) is 2.70. The van der Waals surface area contributed by atoms with Gasteiger partial charge in [0.25, 0.3) is 0 Å². The summed E-state index contributed by atoms with van der Waals surface area (Å²) in [6, 6.07) is 15.6. The molecule has 1 aromatic heterocycles. The maximum atomic E-state index is 6.36. The quantitative estimate of drug-likeness (QED) is 0.770. The Kier molecular flexibility index (Phi) is 4.31. The number of rotatable bonds is 4. The van der Waals surface area contributed by atoms with E-state index in [9.17, 15) is 0 Å². The zero-order valence-electron chi connectivity index (χ0n) is 14.6. The van der Waals surface area contributed by atoms with Crippen LogP contribution in [0.15, 0.2) is 54.9 Å². The molecule has 4 rings (SSSR count). The van der Waals surface area contributed by atoms with Gasteiger partial charge in [0, 0.05) is 12.2 Å². The van der Waals surface area contributed by atoms with Crippen LogP contribution in [0.25, 0.3) is 0 Å². The second-order valence-electron chi connectivity index (χ2n) is 6.08. The van der Waals surface area contributed by atoms with Crippen LogP contribution in [0.4, 0.5) is 17.2 Å². The van der Waals surface area contributed by atoms with Crippen molar-refractivity contribution in [3.63, 3.8) is 0 Å². The number of aryl methyl sites for hydroxylation is 1. The molecule has 0 saturated heterocycles. The van der Waals surface area contributed by atoms with Crippen molar-refractivity contribution in [2.45, 2.75) is 12.8 Å². The second-order valence-corrected chi connectivity index (χ2v) is 6.08. The summed E-state index contributed by atoms with van der Waals surface area (Å²) < 4.78 is 11.0. The van der Waals surface area contributed by atoms with E-state index in [4.69, 9.17) is 15.2 Å². The summed E-state index contributed by atoms with van der Waals surface area (Å²) in [6.45, 7) is 0.861. The van der Waals surface area contributed by atoms with E-state index < -0.39 is 0 Å². The van der Waals surface area contributed by atoms with Crippen LogP contribution in [0.5, 0.6) is 17.4 Å². The molecule has 1 aliphatic rings. The van der Waals surface area contributed by atoms with E-state index in [1.807, 2.05) is 30.3 Å². The molecule has 6 nitrogen and oxygen atoms in total. The molecule has 0 saturated carbocycles. The molecule has 0 fully saturated rings. The third-order valence-corrected chi connectivity index (χ3v) is 4.47. The third-order valence-electron chi connectivity index (χ3n) is 4.47. The minimum atomic E-state index is 0.350. The molecule has 26 heavy (non-hydrogen) atoms. The molecule has 2 aromatic carbocycles. The topological polar surface area (TPSA) is 73.5 Å². The van der Waals surface area contributed by atoms with Gasteiger partial charge in [0.15, 0.2) is 5.82 Å². The highest BCUT2D eigenvalue weighted by atomic mass is 16.5. The van der Waals surface area contributed by atoms with Crippen molar-refractivity contribution < 1.29 is 9.47 Å². The number of fused-ring (bicyclic) bond motifs is 1. The highest BCUT2D eigenvalue weighted by Crippen LogP contribution is 2.38. The predicted molar refractivity (Wildman–Crippen MR) is 101 cm³/mol. The molecular formula is C20H20N4O2. The number of nitrogens with two attached hydrogens (primary N) is 1. The molecule has 0 aliphatic carbocycles. The van der Waals surface area contributed by atoms with Crippen LogP contribution >= 0.6 is 0 Å². The monoisotopic (exact) mass is 348 g/mol. The molecule has 2 heterocycles. The number of benzene rings is 2. The molecule has 3 aromatic rings. The summed E-state index contributed by atoms with van der Waals surface area (Å²) in [6.07, 6.45) is 3.60. The van der Waals surface area contributed by atoms with Gasteiger partial charge >= 0.3 is 0 Å². The number of para-hydroxylation sites is 1. The smallest absolute Gasteiger partial charge is 0.248 e. The lowest BCUT2D eigenvalue weighted by Gasteiger charge is -2.31. The van der Waals surface area contributed by atoms with Gasteiger partial charge in [-0.1, -0.05) is 18.2 Å². The standard InChI is InChI=1S/C20H20N4O2/c1-25-15-8-10-16(11-9-15)26-20-18(21)19(22-13-23-20)24-12-4-6-14-5-2-3-7-17(14)24/h2-3,5,7-11,13H,4,6,12,21H2,1H3. The van der Waals surface area contributed by atoms with Crippen molar-refractivity contribution in [1.29, 1.82) is 0 Å². The van der Waals surface area contributed by atoms with Gasteiger partial charge in [-0.2, -0.15) is 4.98 Å². The van der Waals surface area contributed by atoms with Gasteiger partial charge in [-0.15, -0.1) is 0 Å². The second kappa shape index (κ2) is 6.92. The number of nitrogen functional groups attached to an aromatic ring is 1. The first kappa shape index (κ1) is 16.2. The first-order chi connectivity index (χ1) is 12.8. The van der Waals surface area contributed by atoms with Gasteiger partial charge in [0.05, 0.1) is 7.11 Å². The summed E-state index contributed by atoms with van der Waals surface area (Å²) in [7, 11) is 1.63. The number of hydrogen-bond acceptors (Lipinski definition) is 6. The number of nitrogens with zero attached hydrogens (tertiary/aromatic N) is 3. The molecule has 0 radical (unpaired) electrons. The molecule has 0 unspecified atom stereocenters. The van der Waals surface area contributed by atoms with Gasteiger partial charge < -0.3 is 20.1 Å². The zero-order valence-corrected chi connectivity index (χ0v) is 14.6. The molecule has 0 amide bonds. The van der Waals surface area contributed by atoms with Gasteiger partial charge in [0.2, 0.25) is 5.88 Å². The fraction of sp³-hybridized carbons (Fsp3) is 0.200. The minimum absolute atomic E-state index is 0.350. The predicted octanol–water partition coefficient (Wildman–Crippen LogP) is 3.94. The highest BCUT2D eigenvalue weighted by Gasteiger charge is 2.22. The van der Waals surface area contributed by atoms with E-state index in [-0.39, 0.29) is 0 Å². The van der Waals surface area contributed by atoms with Crippen LogP contribution in [0.3, 0.4) is 0 Å². The molecule has 0 atom stereocenters. The van der Waals surface area contributed by atoms with E-state index in [2.05, 4.69) is 33.1 Å². The lowest BCUT2D eigenvalue weighted by atomic mass is 10.0. The van der Waals surface area contributed by atoms with Crippen molar-refractivity contribution in [1.82, 2.24) is 9.97 Å². The lowest BCUT2D eigenvalue weighted by molar-refractivity contribution is 0.412. The van der Waals surface area contributed by atoms with Gasteiger partial charge in [-0.25, -0.2) is 4.98 Å². The molecule has 132 valence electrons. The van der Waals surface area contributed by atoms with Crippen LogP contribution in [0, 0.1) is 0 Å². The summed E-state index contributed by atoms with van der Waals surface area (Å²) in [5.74, 6) is 2.43. The number of ether oxygens (including phenoxy) is 2. The zero-order chi connectivity index (χ0) is 17.9. The lowest BCUT2D eigenvalue weighted by Crippen LogP contribution is -2.26. The first-order valence-corrected chi connectivity index (χ1v) is 8.54. The number of aromatic nitrogens is 2. The van der Waals surface area contributed by atoms with Crippen LogP contribution in [0.2, 0.25) is 0 Å². The Hall–Kier alpha value is -3.28. The molecular weight excluding hydrogens is 328 g/mol. The van der Waals surface area contributed by atoms with Crippen molar-refractivity contribution in [3.05, 3.63) is 60.4 Å². The molecule has 1 aliphatic heterocycles. The maximum Gasteiger partial charge on any atom is 0.248 e. The van der Waals surface area contributed by atoms with Crippen LogP contribution < -0.4 is 20.1 Å². The SMILES string of the molecule is COc1ccc(Oc2ncnc(N3CCCc4ccccc43)c2N)cc1. The fourth-order valence-corrected chi connectivity index (χ4v) is 3.18. The summed E-state index contributed by atoms with van der Waals surface area (Å²) in [4.78, 5) is 10.8.